The zero-order valence-corrected chi connectivity index (χ0v) is 10.3. The normalized spacial score (nSPS) is 16.5. The molecule has 1 saturated carbocycles. The van der Waals surface area contributed by atoms with E-state index in [-0.39, 0.29) is 11.3 Å². The number of aliphatic carboxylic acids is 1. The average Bonchev–Trinajstić information content (AvgIpc) is 2.28. The third-order valence-electron chi connectivity index (χ3n) is 3.69. The monoisotopic (exact) mass is 266 g/mol. The number of carboxylic acids is 2. The first-order valence-electron chi connectivity index (χ1n) is 5.80. The Bertz CT molecular complexity index is 544. The Morgan fingerprint density at radius 2 is 1.89 bits per heavy atom. The lowest BCUT2D eigenvalue weighted by Gasteiger charge is -2.38. The fraction of sp³-hybridized carbons (Fsp3) is 0.385. The second-order valence-electron chi connectivity index (χ2n) is 4.62. The maximum absolute atomic E-state index is 11.4. The highest BCUT2D eigenvalue weighted by Crippen LogP contribution is 2.46. The van der Waals surface area contributed by atoms with Gasteiger partial charge in [0.25, 0.3) is 0 Å². The highest BCUT2D eigenvalue weighted by Gasteiger charge is 2.46. The molecule has 1 aromatic carbocycles. The molecule has 1 aliphatic carbocycles. The largest absolute Gasteiger partial charge is 0.504 e. The molecule has 0 spiro atoms. The van der Waals surface area contributed by atoms with E-state index < -0.39 is 23.1 Å². The minimum absolute atomic E-state index is 0.0255. The molecule has 2 rings (SSSR count). The number of phenols is 1. The zero-order valence-electron chi connectivity index (χ0n) is 10.3. The van der Waals surface area contributed by atoms with Gasteiger partial charge in [0.1, 0.15) is 5.56 Å². The second kappa shape index (κ2) is 4.46. The lowest BCUT2D eigenvalue weighted by atomic mass is 9.64. The molecule has 0 aliphatic heterocycles. The summed E-state index contributed by atoms with van der Waals surface area (Å²) in [6, 6.07) is 2.61. The van der Waals surface area contributed by atoms with Crippen molar-refractivity contribution in [3.63, 3.8) is 0 Å². The highest BCUT2D eigenvalue weighted by molar-refractivity contribution is 5.93. The van der Waals surface area contributed by atoms with Crippen molar-refractivity contribution in [2.24, 2.45) is 0 Å². The second-order valence-corrected chi connectivity index (χ2v) is 4.62. The third kappa shape index (κ3) is 1.89. The van der Waals surface area contributed by atoms with Gasteiger partial charge in [-0.25, -0.2) is 4.79 Å². The average molecular weight is 266 g/mol. The molecule has 0 heterocycles. The summed E-state index contributed by atoms with van der Waals surface area (Å²) in [6.07, 6.45) is 1.68. The zero-order chi connectivity index (χ0) is 14.2. The number of ether oxygens (including phenoxy) is 1. The van der Waals surface area contributed by atoms with Gasteiger partial charge in [0.2, 0.25) is 0 Å². The molecule has 1 fully saturated rings. The van der Waals surface area contributed by atoms with Crippen LogP contribution < -0.4 is 4.74 Å². The van der Waals surface area contributed by atoms with E-state index in [0.29, 0.717) is 18.4 Å². The van der Waals surface area contributed by atoms with Crippen LogP contribution in [0.2, 0.25) is 0 Å². The van der Waals surface area contributed by atoms with Crippen LogP contribution in [0.25, 0.3) is 0 Å². The summed E-state index contributed by atoms with van der Waals surface area (Å²) in [5.74, 6) is -2.82. The molecule has 19 heavy (non-hydrogen) atoms. The smallest absolute Gasteiger partial charge is 0.339 e. The maximum atomic E-state index is 11.4. The molecule has 0 bridgehead atoms. The molecule has 0 atom stereocenters. The number of carbonyl (C=O) groups is 2. The van der Waals surface area contributed by atoms with Crippen molar-refractivity contribution < 1.29 is 29.6 Å². The Morgan fingerprint density at radius 3 is 2.26 bits per heavy atom. The van der Waals surface area contributed by atoms with Crippen molar-refractivity contribution in [1.29, 1.82) is 0 Å². The third-order valence-corrected chi connectivity index (χ3v) is 3.69. The van der Waals surface area contributed by atoms with Gasteiger partial charge in [0.15, 0.2) is 11.5 Å². The maximum Gasteiger partial charge on any atom is 0.339 e. The summed E-state index contributed by atoms with van der Waals surface area (Å²) in [6.45, 7) is 0. The number of benzene rings is 1. The van der Waals surface area contributed by atoms with E-state index in [1.54, 1.807) is 0 Å². The van der Waals surface area contributed by atoms with Gasteiger partial charge >= 0.3 is 11.9 Å². The van der Waals surface area contributed by atoms with Crippen molar-refractivity contribution in [3.05, 3.63) is 23.3 Å². The fourth-order valence-electron chi connectivity index (χ4n) is 2.36. The standard InChI is InChI=1S/C13H14O6/c1-19-9-6-7(5-8(10(9)14)11(15)16)13(12(17)18)3-2-4-13/h5-6,14H,2-4H2,1H3,(H,15,16)(H,17,18). The Hall–Kier alpha value is -2.24. The molecule has 102 valence electrons. The summed E-state index contributed by atoms with van der Waals surface area (Å²) in [5, 5.41) is 28.1. The summed E-state index contributed by atoms with van der Waals surface area (Å²) < 4.78 is 4.91. The summed E-state index contributed by atoms with van der Waals surface area (Å²) in [7, 11) is 1.29. The minimum atomic E-state index is -1.32. The molecular weight excluding hydrogens is 252 g/mol. The highest BCUT2D eigenvalue weighted by atomic mass is 16.5. The van der Waals surface area contributed by atoms with Crippen molar-refractivity contribution in [1.82, 2.24) is 0 Å². The van der Waals surface area contributed by atoms with Crippen LogP contribution in [0, 0.1) is 0 Å². The summed E-state index contributed by atoms with van der Waals surface area (Å²) in [5.41, 5.74) is -1.05. The van der Waals surface area contributed by atoms with E-state index >= 15 is 0 Å². The van der Waals surface area contributed by atoms with E-state index in [2.05, 4.69) is 0 Å². The molecule has 6 heteroatoms. The van der Waals surface area contributed by atoms with Crippen LogP contribution in [0.1, 0.15) is 35.2 Å². The van der Waals surface area contributed by atoms with Crippen molar-refractivity contribution in [3.8, 4) is 11.5 Å². The van der Waals surface area contributed by atoms with Crippen LogP contribution in [0.15, 0.2) is 12.1 Å². The Morgan fingerprint density at radius 1 is 1.26 bits per heavy atom. The van der Waals surface area contributed by atoms with Crippen molar-refractivity contribution in [2.75, 3.05) is 7.11 Å². The topological polar surface area (TPSA) is 104 Å². The first kappa shape index (κ1) is 13.2. The molecule has 0 radical (unpaired) electrons. The van der Waals surface area contributed by atoms with Gasteiger partial charge in [-0.1, -0.05) is 6.42 Å². The molecule has 3 N–H and O–H groups in total. The van der Waals surface area contributed by atoms with Gasteiger partial charge in [-0.05, 0) is 30.5 Å². The molecule has 0 saturated heterocycles. The van der Waals surface area contributed by atoms with Gasteiger partial charge < -0.3 is 20.1 Å². The van der Waals surface area contributed by atoms with Gasteiger partial charge in [0.05, 0.1) is 12.5 Å². The first-order chi connectivity index (χ1) is 8.92. The lowest BCUT2D eigenvalue weighted by Crippen LogP contribution is -2.42. The molecular formula is C13H14O6. The quantitative estimate of drug-likeness (QED) is 0.764. The lowest BCUT2D eigenvalue weighted by molar-refractivity contribution is -0.147. The number of aromatic carboxylic acids is 1. The van der Waals surface area contributed by atoms with E-state index in [9.17, 15) is 19.8 Å². The van der Waals surface area contributed by atoms with E-state index in [1.165, 1.54) is 19.2 Å². The van der Waals surface area contributed by atoms with Crippen LogP contribution >= 0.6 is 0 Å². The molecule has 0 unspecified atom stereocenters. The summed E-state index contributed by atoms with van der Waals surface area (Å²) >= 11 is 0. The van der Waals surface area contributed by atoms with E-state index in [4.69, 9.17) is 9.84 Å². The van der Waals surface area contributed by atoms with Crippen molar-refractivity contribution in [2.45, 2.75) is 24.7 Å². The van der Waals surface area contributed by atoms with Crippen molar-refractivity contribution >= 4 is 11.9 Å². The number of rotatable bonds is 4. The van der Waals surface area contributed by atoms with Gasteiger partial charge in [-0.3, -0.25) is 4.79 Å². The van der Waals surface area contributed by atoms with E-state index in [1.807, 2.05) is 0 Å². The fourth-order valence-corrected chi connectivity index (χ4v) is 2.36. The molecule has 0 aromatic heterocycles. The van der Waals surface area contributed by atoms with Crippen LogP contribution in [0.4, 0.5) is 0 Å². The Labute approximate surface area is 109 Å². The van der Waals surface area contributed by atoms with Crippen LogP contribution in [0.3, 0.4) is 0 Å². The van der Waals surface area contributed by atoms with Gasteiger partial charge in [-0.15, -0.1) is 0 Å². The van der Waals surface area contributed by atoms with Crippen LogP contribution in [0.5, 0.6) is 11.5 Å². The van der Waals surface area contributed by atoms with Crippen LogP contribution in [-0.4, -0.2) is 34.4 Å². The Kier molecular flexibility index (Phi) is 3.09. The number of carboxylic acid groups (broad SMARTS) is 2. The SMILES string of the molecule is COc1cc(C2(C(=O)O)CCC2)cc(C(=O)O)c1O. The van der Waals surface area contributed by atoms with Gasteiger partial charge in [-0.2, -0.15) is 0 Å². The molecule has 1 aromatic rings. The molecule has 6 nitrogen and oxygen atoms in total. The van der Waals surface area contributed by atoms with Gasteiger partial charge in [0, 0.05) is 0 Å². The number of aromatic hydroxyl groups is 1. The summed E-state index contributed by atoms with van der Waals surface area (Å²) in [4.78, 5) is 22.5. The number of hydrogen-bond donors (Lipinski definition) is 3. The number of methoxy groups -OCH3 is 1. The van der Waals surface area contributed by atoms with Crippen LogP contribution in [-0.2, 0) is 10.2 Å². The minimum Gasteiger partial charge on any atom is -0.504 e. The van der Waals surface area contributed by atoms with E-state index in [0.717, 1.165) is 6.42 Å². The molecule has 0 amide bonds. The predicted molar refractivity (Wildman–Crippen MR) is 64.8 cm³/mol. The first-order valence-corrected chi connectivity index (χ1v) is 5.80. The predicted octanol–water partition coefficient (Wildman–Crippen LogP) is 1.61. The molecule has 1 aliphatic rings. The Balaban J connectivity index is 2.61. The number of hydrogen-bond acceptors (Lipinski definition) is 4.